The molecule has 0 bridgehead atoms. The average Bonchev–Trinajstić information content (AvgIpc) is 2.30. The number of nitrogens with one attached hydrogen (secondary N) is 1. The molecule has 0 aliphatic heterocycles. The lowest BCUT2D eigenvalue weighted by atomic mass is 10.1. The Kier molecular flexibility index (Phi) is 4.66. The SMILES string of the molecule is COC(=O)c1ccc(NC(C)=O)c(CCO)c1. The number of carbonyl (C=O) groups is 2. The molecular weight excluding hydrogens is 222 g/mol. The summed E-state index contributed by atoms with van der Waals surface area (Å²) in [5, 5.41) is 11.6. The highest BCUT2D eigenvalue weighted by Crippen LogP contribution is 2.18. The smallest absolute Gasteiger partial charge is 0.337 e. The summed E-state index contributed by atoms with van der Waals surface area (Å²) in [4.78, 5) is 22.3. The van der Waals surface area contributed by atoms with Crippen LogP contribution in [0.3, 0.4) is 0 Å². The maximum absolute atomic E-state index is 11.3. The first-order chi connectivity index (χ1) is 8.08. The van der Waals surface area contributed by atoms with E-state index < -0.39 is 5.97 Å². The summed E-state index contributed by atoms with van der Waals surface area (Å²) in [6, 6.07) is 4.80. The molecule has 0 aromatic heterocycles. The number of hydrogen-bond donors (Lipinski definition) is 2. The van der Waals surface area contributed by atoms with E-state index in [-0.39, 0.29) is 12.5 Å². The van der Waals surface area contributed by atoms with Crippen LogP contribution in [0, 0.1) is 0 Å². The van der Waals surface area contributed by atoms with E-state index in [1.165, 1.54) is 14.0 Å². The molecule has 1 amide bonds. The molecule has 2 N–H and O–H groups in total. The summed E-state index contributed by atoms with van der Waals surface area (Å²) in [7, 11) is 1.30. The van der Waals surface area contributed by atoms with Crippen LogP contribution < -0.4 is 5.32 Å². The van der Waals surface area contributed by atoms with Crippen molar-refractivity contribution in [3.8, 4) is 0 Å². The number of aliphatic hydroxyl groups excluding tert-OH is 1. The number of carbonyl (C=O) groups excluding carboxylic acids is 2. The first-order valence-corrected chi connectivity index (χ1v) is 5.18. The molecular formula is C12H15NO4. The number of anilines is 1. The molecule has 5 heteroatoms. The zero-order chi connectivity index (χ0) is 12.8. The summed E-state index contributed by atoms with van der Waals surface area (Å²) >= 11 is 0. The van der Waals surface area contributed by atoms with Gasteiger partial charge < -0.3 is 15.2 Å². The monoisotopic (exact) mass is 237 g/mol. The molecule has 0 atom stereocenters. The van der Waals surface area contributed by atoms with Crippen LogP contribution >= 0.6 is 0 Å². The third kappa shape index (κ3) is 3.57. The second-order valence-corrected chi connectivity index (χ2v) is 3.52. The van der Waals surface area contributed by atoms with E-state index in [9.17, 15) is 9.59 Å². The average molecular weight is 237 g/mol. The fourth-order valence-corrected chi connectivity index (χ4v) is 1.48. The summed E-state index contributed by atoms with van der Waals surface area (Å²) in [5.74, 6) is -0.645. The molecule has 1 aromatic carbocycles. The molecule has 0 fully saturated rings. The quantitative estimate of drug-likeness (QED) is 0.765. The van der Waals surface area contributed by atoms with Crippen LogP contribution in [0.15, 0.2) is 18.2 Å². The largest absolute Gasteiger partial charge is 0.465 e. The fourth-order valence-electron chi connectivity index (χ4n) is 1.48. The highest BCUT2D eigenvalue weighted by atomic mass is 16.5. The van der Waals surface area contributed by atoms with Gasteiger partial charge in [0.15, 0.2) is 0 Å². The molecule has 17 heavy (non-hydrogen) atoms. The molecule has 0 unspecified atom stereocenters. The Hall–Kier alpha value is -1.88. The van der Waals surface area contributed by atoms with E-state index in [0.29, 0.717) is 23.2 Å². The number of amides is 1. The van der Waals surface area contributed by atoms with Crippen LogP contribution in [0.5, 0.6) is 0 Å². The number of hydrogen-bond acceptors (Lipinski definition) is 4. The fraction of sp³-hybridized carbons (Fsp3) is 0.333. The van der Waals surface area contributed by atoms with Crippen LogP contribution in [0.4, 0.5) is 5.69 Å². The first kappa shape index (κ1) is 13.2. The lowest BCUT2D eigenvalue weighted by molar-refractivity contribution is -0.114. The molecule has 0 saturated heterocycles. The second kappa shape index (κ2) is 6.00. The molecule has 0 aliphatic carbocycles. The Bertz CT molecular complexity index is 429. The molecule has 1 rings (SSSR count). The third-order valence-electron chi connectivity index (χ3n) is 2.22. The maximum Gasteiger partial charge on any atom is 0.337 e. The van der Waals surface area contributed by atoms with Crippen LogP contribution in [0.25, 0.3) is 0 Å². The third-order valence-corrected chi connectivity index (χ3v) is 2.22. The van der Waals surface area contributed by atoms with E-state index in [1.54, 1.807) is 18.2 Å². The van der Waals surface area contributed by atoms with Gasteiger partial charge >= 0.3 is 5.97 Å². The number of rotatable bonds is 4. The van der Waals surface area contributed by atoms with Gasteiger partial charge in [-0.15, -0.1) is 0 Å². The minimum absolute atomic E-state index is 0.0583. The van der Waals surface area contributed by atoms with E-state index in [2.05, 4.69) is 10.1 Å². The number of aliphatic hydroxyl groups is 1. The van der Waals surface area contributed by atoms with Crippen molar-refractivity contribution in [2.45, 2.75) is 13.3 Å². The van der Waals surface area contributed by atoms with Crippen molar-refractivity contribution in [3.05, 3.63) is 29.3 Å². The highest BCUT2D eigenvalue weighted by Gasteiger charge is 2.10. The van der Waals surface area contributed by atoms with Crippen molar-refractivity contribution in [3.63, 3.8) is 0 Å². The van der Waals surface area contributed by atoms with Gasteiger partial charge in [-0.25, -0.2) is 4.79 Å². The Morgan fingerprint density at radius 1 is 1.41 bits per heavy atom. The van der Waals surface area contributed by atoms with Gasteiger partial charge in [-0.1, -0.05) is 0 Å². The molecule has 0 heterocycles. The standard InChI is InChI=1S/C12H15NO4/c1-8(15)13-11-4-3-10(12(16)17-2)7-9(11)5-6-14/h3-4,7,14H,5-6H2,1-2H3,(H,13,15). The second-order valence-electron chi connectivity index (χ2n) is 3.52. The lowest BCUT2D eigenvalue weighted by Gasteiger charge is -2.10. The van der Waals surface area contributed by atoms with Crippen molar-refractivity contribution >= 4 is 17.6 Å². The summed E-state index contributed by atoms with van der Waals surface area (Å²) in [6.07, 6.45) is 0.362. The van der Waals surface area contributed by atoms with Crippen LogP contribution in [-0.4, -0.2) is 30.7 Å². The van der Waals surface area contributed by atoms with Gasteiger partial charge in [-0.2, -0.15) is 0 Å². The number of esters is 1. The molecule has 0 spiro atoms. The van der Waals surface area contributed by atoms with Crippen molar-refractivity contribution < 1.29 is 19.4 Å². The number of methoxy groups -OCH3 is 1. The van der Waals surface area contributed by atoms with Crippen LogP contribution in [0.2, 0.25) is 0 Å². The van der Waals surface area contributed by atoms with Crippen LogP contribution in [-0.2, 0) is 16.0 Å². The van der Waals surface area contributed by atoms with Gasteiger partial charge in [0, 0.05) is 19.2 Å². The van der Waals surface area contributed by atoms with Crippen molar-refractivity contribution in [2.24, 2.45) is 0 Å². The van der Waals surface area contributed by atoms with Gasteiger partial charge in [-0.3, -0.25) is 4.79 Å². The van der Waals surface area contributed by atoms with E-state index in [0.717, 1.165) is 0 Å². The Labute approximate surface area is 99.4 Å². The maximum atomic E-state index is 11.3. The lowest BCUT2D eigenvalue weighted by Crippen LogP contribution is -2.10. The topological polar surface area (TPSA) is 75.6 Å². The van der Waals surface area contributed by atoms with Crippen molar-refractivity contribution in [2.75, 3.05) is 19.0 Å². The summed E-state index contributed by atoms with van der Waals surface area (Å²) < 4.78 is 4.60. The van der Waals surface area contributed by atoms with Crippen LogP contribution in [0.1, 0.15) is 22.8 Å². The molecule has 0 radical (unpaired) electrons. The van der Waals surface area contributed by atoms with Gasteiger partial charge in [0.25, 0.3) is 0 Å². The number of ether oxygens (including phenoxy) is 1. The van der Waals surface area contributed by atoms with Gasteiger partial charge in [0.05, 0.1) is 12.7 Å². The first-order valence-electron chi connectivity index (χ1n) is 5.18. The Morgan fingerprint density at radius 2 is 2.12 bits per heavy atom. The van der Waals surface area contributed by atoms with Gasteiger partial charge in [0.2, 0.25) is 5.91 Å². The minimum atomic E-state index is -0.446. The minimum Gasteiger partial charge on any atom is -0.465 e. The van der Waals surface area contributed by atoms with E-state index in [1.807, 2.05) is 0 Å². The van der Waals surface area contributed by atoms with Crippen molar-refractivity contribution in [1.29, 1.82) is 0 Å². The normalized spacial score (nSPS) is 9.82. The zero-order valence-corrected chi connectivity index (χ0v) is 9.82. The summed E-state index contributed by atoms with van der Waals surface area (Å²) in [5.41, 5.74) is 1.69. The predicted octanol–water partition coefficient (Wildman–Crippen LogP) is 0.966. The van der Waals surface area contributed by atoms with Gasteiger partial charge in [-0.05, 0) is 30.2 Å². The molecule has 1 aromatic rings. The Balaban J connectivity index is 3.07. The van der Waals surface area contributed by atoms with Gasteiger partial charge in [0.1, 0.15) is 0 Å². The molecule has 5 nitrogen and oxygen atoms in total. The van der Waals surface area contributed by atoms with Crippen molar-refractivity contribution in [1.82, 2.24) is 0 Å². The number of benzene rings is 1. The predicted molar refractivity (Wildman–Crippen MR) is 62.9 cm³/mol. The van der Waals surface area contributed by atoms with E-state index in [4.69, 9.17) is 5.11 Å². The van der Waals surface area contributed by atoms with E-state index >= 15 is 0 Å². The molecule has 92 valence electrons. The molecule has 0 saturated carbocycles. The molecule has 0 aliphatic rings. The zero-order valence-electron chi connectivity index (χ0n) is 9.82. The highest BCUT2D eigenvalue weighted by molar-refractivity contribution is 5.93. The summed E-state index contributed by atoms with van der Waals surface area (Å²) in [6.45, 7) is 1.34. The Morgan fingerprint density at radius 3 is 2.65 bits per heavy atom.